The fraction of sp³-hybridized carbons (Fsp3) is 0.400. The van der Waals surface area contributed by atoms with Crippen LogP contribution in [-0.2, 0) is 25.5 Å². The number of benzene rings is 1. The molecule has 0 saturated carbocycles. The number of hydrogen-bond acceptors (Lipinski definition) is 6. The van der Waals surface area contributed by atoms with Crippen LogP contribution in [0.25, 0.3) is 10.2 Å². The number of nitrogens with zero attached hydrogens (tertiary/aromatic N) is 1. The summed E-state index contributed by atoms with van der Waals surface area (Å²) in [7, 11) is 0. The third kappa shape index (κ3) is 3.21. The summed E-state index contributed by atoms with van der Waals surface area (Å²) in [5, 5.41) is 0.899. The quantitative estimate of drug-likeness (QED) is 0.812. The van der Waals surface area contributed by atoms with E-state index < -0.39 is 12.1 Å². The summed E-state index contributed by atoms with van der Waals surface area (Å²) in [5.41, 5.74) is 0.944. The molecule has 21 heavy (non-hydrogen) atoms. The molecule has 110 valence electrons. The predicted molar refractivity (Wildman–Crippen MR) is 78.0 cm³/mol. The number of fused-ring (bicyclic) bond motifs is 1. The number of para-hydroxylation sites is 1. The van der Waals surface area contributed by atoms with Gasteiger partial charge in [0.2, 0.25) is 6.10 Å². The van der Waals surface area contributed by atoms with Crippen molar-refractivity contribution in [1.29, 1.82) is 0 Å². The normalized spacial score (nSPS) is 21.5. The van der Waals surface area contributed by atoms with E-state index in [0.29, 0.717) is 12.8 Å². The Hall–Kier alpha value is -1.95. The van der Waals surface area contributed by atoms with E-state index in [0.717, 1.165) is 15.2 Å². The van der Waals surface area contributed by atoms with Crippen LogP contribution in [0, 0.1) is 0 Å². The van der Waals surface area contributed by atoms with E-state index in [1.807, 2.05) is 24.3 Å². The van der Waals surface area contributed by atoms with Crippen LogP contribution >= 0.6 is 11.3 Å². The molecule has 1 aliphatic rings. The number of rotatable bonds is 4. The Morgan fingerprint density at radius 2 is 2.29 bits per heavy atom. The van der Waals surface area contributed by atoms with Crippen molar-refractivity contribution in [3.05, 3.63) is 29.3 Å². The van der Waals surface area contributed by atoms with Crippen molar-refractivity contribution in [2.75, 3.05) is 0 Å². The van der Waals surface area contributed by atoms with E-state index in [1.165, 1.54) is 0 Å². The Morgan fingerprint density at radius 3 is 3.00 bits per heavy atom. The average molecular weight is 305 g/mol. The maximum Gasteiger partial charge on any atom is 0.347 e. The fourth-order valence-electron chi connectivity index (χ4n) is 2.27. The molecule has 1 aliphatic heterocycles. The van der Waals surface area contributed by atoms with Gasteiger partial charge >= 0.3 is 11.9 Å². The van der Waals surface area contributed by atoms with E-state index in [2.05, 4.69) is 4.98 Å². The van der Waals surface area contributed by atoms with Crippen LogP contribution in [0.2, 0.25) is 0 Å². The van der Waals surface area contributed by atoms with Gasteiger partial charge in [-0.25, -0.2) is 9.78 Å². The number of ether oxygens (including phenoxy) is 2. The van der Waals surface area contributed by atoms with Crippen LogP contribution in [0.5, 0.6) is 0 Å². The molecular formula is C15H15NO4S. The predicted octanol–water partition coefficient (Wildman–Crippen LogP) is 2.48. The molecule has 5 nitrogen and oxygen atoms in total. The van der Waals surface area contributed by atoms with Crippen molar-refractivity contribution >= 4 is 33.5 Å². The third-order valence-corrected chi connectivity index (χ3v) is 4.38. The van der Waals surface area contributed by atoms with Crippen LogP contribution in [0.15, 0.2) is 24.3 Å². The smallest absolute Gasteiger partial charge is 0.347 e. The second kappa shape index (κ2) is 5.81. The van der Waals surface area contributed by atoms with Gasteiger partial charge in [-0.2, -0.15) is 0 Å². The maximum atomic E-state index is 11.8. The molecule has 2 atom stereocenters. The second-order valence-corrected chi connectivity index (χ2v) is 6.15. The molecule has 0 radical (unpaired) electrons. The molecule has 0 unspecified atom stereocenters. The Kier molecular flexibility index (Phi) is 3.88. The van der Waals surface area contributed by atoms with E-state index in [1.54, 1.807) is 18.3 Å². The van der Waals surface area contributed by atoms with Crippen LogP contribution < -0.4 is 0 Å². The molecule has 0 spiro atoms. The number of aromatic nitrogens is 1. The first-order chi connectivity index (χ1) is 10.1. The zero-order valence-electron chi connectivity index (χ0n) is 11.6. The lowest BCUT2D eigenvalue weighted by Gasteiger charge is -2.07. The van der Waals surface area contributed by atoms with E-state index >= 15 is 0 Å². The fourth-order valence-corrected chi connectivity index (χ4v) is 3.24. The SMILES string of the molecule is C[C@@H]1C[C@@H](OC(=O)CCc2nc3ccccc3s2)C(=O)O1. The van der Waals surface area contributed by atoms with Gasteiger partial charge in [-0.15, -0.1) is 11.3 Å². The average Bonchev–Trinajstić information content (AvgIpc) is 2.99. The zero-order chi connectivity index (χ0) is 14.8. The highest BCUT2D eigenvalue weighted by Gasteiger charge is 2.34. The van der Waals surface area contributed by atoms with E-state index in [4.69, 9.17) is 9.47 Å². The molecule has 0 bridgehead atoms. The van der Waals surface area contributed by atoms with E-state index in [-0.39, 0.29) is 18.5 Å². The molecular weight excluding hydrogens is 290 g/mol. The largest absolute Gasteiger partial charge is 0.460 e. The lowest BCUT2D eigenvalue weighted by atomic mass is 10.2. The van der Waals surface area contributed by atoms with Crippen molar-refractivity contribution in [3.63, 3.8) is 0 Å². The number of hydrogen-bond donors (Lipinski definition) is 0. The summed E-state index contributed by atoms with van der Waals surface area (Å²) in [4.78, 5) is 27.7. The van der Waals surface area contributed by atoms with E-state index in [9.17, 15) is 9.59 Å². The van der Waals surface area contributed by atoms with Gasteiger partial charge in [0.05, 0.1) is 21.6 Å². The molecule has 2 aromatic rings. The second-order valence-electron chi connectivity index (χ2n) is 5.04. The molecule has 6 heteroatoms. The lowest BCUT2D eigenvalue weighted by molar-refractivity contribution is -0.160. The number of carbonyl (C=O) groups is 2. The van der Waals surface area contributed by atoms with Crippen LogP contribution in [0.3, 0.4) is 0 Å². The first-order valence-electron chi connectivity index (χ1n) is 6.86. The summed E-state index contributed by atoms with van der Waals surface area (Å²) in [5.74, 6) is -0.832. The highest BCUT2D eigenvalue weighted by Crippen LogP contribution is 2.23. The van der Waals surface area contributed by atoms with Gasteiger partial charge < -0.3 is 9.47 Å². The topological polar surface area (TPSA) is 65.5 Å². The molecule has 2 heterocycles. The third-order valence-electron chi connectivity index (χ3n) is 3.28. The molecule has 1 saturated heterocycles. The molecule has 0 aliphatic carbocycles. The molecule has 0 N–H and O–H groups in total. The van der Waals surface area contributed by atoms with Gasteiger partial charge in [-0.05, 0) is 19.1 Å². The van der Waals surface area contributed by atoms with Gasteiger partial charge in [0.1, 0.15) is 6.10 Å². The summed E-state index contributed by atoms with van der Waals surface area (Å²) < 4.78 is 11.2. The standard InChI is InChI=1S/C15H15NO4S/c1-9-8-11(15(18)19-9)20-14(17)7-6-13-16-10-4-2-3-5-12(10)21-13/h2-5,9,11H,6-8H2,1H3/t9-,11-/m1/s1. The summed E-state index contributed by atoms with van der Waals surface area (Å²) in [6.07, 6.45) is 0.251. The van der Waals surface area contributed by atoms with Crippen molar-refractivity contribution in [3.8, 4) is 0 Å². The van der Waals surface area contributed by atoms with Crippen molar-refractivity contribution in [2.24, 2.45) is 0 Å². The summed E-state index contributed by atoms with van der Waals surface area (Å²) >= 11 is 1.57. The van der Waals surface area contributed by atoms with Crippen molar-refractivity contribution < 1.29 is 19.1 Å². The molecule has 1 aromatic heterocycles. The maximum absolute atomic E-state index is 11.8. The first kappa shape index (κ1) is 14.0. The Labute approximate surface area is 125 Å². The van der Waals surface area contributed by atoms with Gasteiger partial charge in [0.25, 0.3) is 0 Å². The monoisotopic (exact) mass is 305 g/mol. The summed E-state index contributed by atoms with van der Waals surface area (Å²) in [6.45, 7) is 1.78. The van der Waals surface area contributed by atoms with Gasteiger partial charge in [-0.3, -0.25) is 4.79 Å². The minimum Gasteiger partial charge on any atom is -0.460 e. The minimum absolute atomic E-state index is 0.181. The van der Waals surface area contributed by atoms with Gasteiger partial charge in [-0.1, -0.05) is 12.1 Å². The minimum atomic E-state index is -0.747. The number of esters is 2. The van der Waals surface area contributed by atoms with Crippen LogP contribution in [0.1, 0.15) is 24.8 Å². The van der Waals surface area contributed by atoms with Gasteiger partial charge in [0, 0.05) is 12.8 Å². The van der Waals surface area contributed by atoms with Crippen molar-refractivity contribution in [1.82, 2.24) is 4.98 Å². The van der Waals surface area contributed by atoms with Crippen LogP contribution in [0.4, 0.5) is 0 Å². The molecule has 0 amide bonds. The molecule has 3 rings (SSSR count). The molecule has 1 fully saturated rings. The Bertz CT molecular complexity index is 648. The Balaban J connectivity index is 1.55. The molecule has 1 aromatic carbocycles. The highest BCUT2D eigenvalue weighted by molar-refractivity contribution is 7.18. The number of aryl methyl sites for hydroxylation is 1. The van der Waals surface area contributed by atoms with Crippen LogP contribution in [-0.4, -0.2) is 29.1 Å². The lowest BCUT2D eigenvalue weighted by Crippen LogP contribution is -2.22. The van der Waals surface area contributed by atoms with Gasteiger partial charge in [0.15, 0.2) is 0 Å². The van der Waals surface area contributed by atoms with Crippen molar-refractivity contribution in [2.45, 2.75) is 38.4 Å². The zero-order valence-corrected chi connectivity index (χ0v) is 12.4. The number of cyclic esters (lactones) is 1. The number of carbonyl (C=O) groups excluding carboxylic acids is 2. The highest BCUT2D eigenvalue weighted by atomic mass is 32.1. The first-order valence-corrected chi connectivity index (χ1v) is 7.68. The Morgan fingerprint density at radius 1 is 1.48 bits per heavy atom. The summed E-state index contributed by atoms with van der Waals surface area (Å²) in [6, 6.07) is 7.85. The number of thiazole rings is 1.